The Hall–Kier alpha value is -3.18. The molecule has 3 aromatic carbocycles. The Labute approximate surface area is 161 Å². The molecule has 0 bridgehead atoms. The van der Waals surface area contributed by atoms with Crippen molar-refractivity contribution in [3.63, 3.8) is 0 Å². The van der Waals surface area contributed by atoms with Crippen LogP contribution in [0.5, 0.6) is 11.5 Å². The van der Waals surface area contributed by atoms with Crippen LogP contribution in [-0.2, 0) is 0 Å². The fourth-order valence-electron chi connectivity index (χ4n) is 3.29. The minimum absolute atomic E-state index is 0.0160. The number of amides is 1. The molecule has 1 atom stereocenters. The molecule has 0 fully saturated rings. The number of nitrogens with zero attached hydrogens (tertiary/aromatic N) is 1. The first-order valence-electron chi connectivity index (χ1n) is 8.43. The van der Waals surface area contributed by atoms with Crippen LogP contribution >= 0.6 is 11.6 Å². The monoisotopic (exact) mass is 380 g/mol. The van der Waals surface area contributed by atoms with E-state index in [4.69, 9.17) is 11.6 Å². The summed E-state index contributed by atoms with van der Waals surface area (Å²) in [6.45, 7) is 1.96. The second kappa shape index (κ2) is 6.52. The van der Waals surface area contributed by atoms with Gasteiger partial charge in [0.25, 0.3) is 5.91 Å². The van der Waals surface area contributed by atoms with Crippen molar-refractivity contribution >= 4 is 28.9 Å². The molecule has 136 valence electrons. The second-order valence-corrected chi connectivity index (χ2v) is 6.88. The molecule has 0 spiro atoms. The Morgan fingerprint density at radius 3 is 2.56 bits per heavy atom. The molecular formula is C21H17ClN2O3. The molecule has 0 aromatic heterocycles. The molecule has 1 aliphatic rings. The summed E-state index contributed by atoms with van der Waals surface area (Å²) in [4.78, 5) is 14.9. The van der Waals surface area contributed by atoms with Crippen molar-refractivity contribution in [3.8, 4) is 11.5 Å². The van der Waals surface area contributed by atoms with E-state index in [1.165, 1.54) is 12.1 Å². The molecule has 1 heterocycles. The largest absolute Gasteiger partial charge is 0.504 e. The van der Waals surface area contributed by atoms with Crippen LogP contribution in [0.2, 0.25) is 5.02 Å². The van der Waals surface area contributed by atoms with E-state index in [-0.39, 0.29) is 22.4 Å². The number of fused-ring (bicyclic) bond motifs is 1. The van der Waals surface area contributed by atoms with Gasteiger partial charge in [-0.15, -0.1) is 0 Å². The number of carbonyl (C=O) groups is 1. The van der Waals surface area contributed by atoms with Crippen molar-refractivity contribution in [2.24, 2.45) is 0 Å². The van der Waals surface area contributed by atoms with Crippen LogP contribution < -0.4 is 10.2 Å². The number of aromatic hydroxyl groups is 2. The van der Waals surface area contributed by atoms with Crippen molar-refractivity contribution < 1.29 is 15.0 Å². The first kappa shape index (κ1) is 17.2. The smallest absolute Gasteiger partial charge is 0.262 e. The molecule has 6 heteroatoms. The predicted octanol–water partition coefficient (Wildman–Crippen LogP) is 4.83. The molecule has 0 saturated heterocycles. The Bertz CT molecular complexity index is 1030. The van der Waals surface area contributed by atoms with Crippen LogP contribution in [0, 0.1) is 6.92 Å². The standard InChI is InChI=1S/C21H17ClN2O3/c1-12-5-4-6-14(9-12)24-20(13-10-16(22)19(26)18(25)11-13)23-17-8-3-2-7-15(17)21(24)27/h2-11,20,23,25-26H,1H3/t20-/m0/s1. The predicted molar refractivity (Wildman–Crippen MR) is 106 cm³/mol. The van der Waals surface area contributed by atoms with Crippen molar-refractivity contribution in [2.45, 2.75) is 13.1 Å². The minimum atomic E-state index is -0.599. The van der Waals surface area contributed by atoms with Gasteiger partial charge in [-0.3, -0.25) is 9.69 Å². The fourth-order valence-corrected chi connectivity index (χ4v) is 3.52. The summed E-state index contributed by atoms with van der Waals surface area (Å²) in [7, 11) is 0. The summed E-state index contributed by atoms with van der Waals surface area (Å²) in [5.41, 5.74) is 3.55. The van der Waals surface area contributed by atoms with Crippen molar-refractivity contribution in [2.75, 3.05) is 10.2 Å². The summed E-state index contributed by atoms with van der Waals surface area (Å²) < 4.78 is 0. The lowest BCUT2D eigenvalue weighted by Gasteiger charge is -2.38. The second-order valence-electron chi connectivity index (χ2n) is 6.48. The maximum absolute atomic E-state index is 13.3. The third-order valence-electron chi connectivity index (χ3n) is 4.59. The lowest BCUT2D eigenvalue weighted by atomic mass is 10.0. The summed E-state index contributed by atoms with van der Waals surface area (Å²) in [6, 6.07) is 17.8. The van der Waals surface area contributed by atoms with E-state index in [0.717, 1.165) is 11.3 Å². The summed E-state index contributed by atoms with van der Waals surface area (Å²) in [6.07, 6.45) is -0.599. The van der Waals surface area contributed by atoms with Gasteiger partial charge < -0.3 is 15.5 Å². The number of para-hydroxylation sites is 1. The van der Waals surface area contributed by atoms with Gasteiger partial charge in [0.15, 0.2) is 11.5 Å². The van der Waals surface area contributed by atoms with Crippen molar-refractivity contribution in [1.82, 2.24) is 0 Å². The zero-order valence-corrected chi connectivity index (χ0v) is 15.2. The number of nitrogens with one attached hydrogen (secondary N) is 1. The number of hydrogen-bond acceptors (Lipinski definition) is 4. The fraction of sp³-hybridized carbons (Fsp3) is 0.0952. The molecule has 1 aliphatic heterocycles. The number of phenols is 2. The highest BCUT2D eigenvalue weighted by molar-refractivity contribution is 6.32. The number of hydrogen-bond donors (Lipinski definition) is 3. The average molecular weight is 381 g/mol. The Balaban J connectivity index is 1.90. The molecule has 4 rings (SSSR count). The molecule has 27 heavy (non-hydrogen) atoms. The van der Waals surface area contributed by atoms with E-state index >= 15 is 0 Å². The number of halogens is 1. The summed E-state index contributed by atoms with van der Waals surface area (Å²) >= 11 is 6.05. The Morgan fingerprint density at radius 1 is 1.04 bits per heavy atom. The maximum Gasteiger partial charge on any atom is 0.262 e. The first-order valence-corrected chi connectivity index (χ1v) is 8.80. The molecule has 5 nitrogen and oxygen atoms in total. The quantitative estimate of drug-likeness (QED) is 0.557. The molecule has 0 saturated carbocycles. The number of aryl methyl sites for hydroxylation is 1. The molecule has 0 aliphatic carbocycles. The van der Waals surface area contributed by atoms with Gasteiger partial charge in [-0.05, 0) is 48.9 Å². The Kier molecular flexibility index (Phi) is 4.16. The number of phenolic OH excluding ortho intramolecular Hbond substituents is 2. The third kappa shape index (κ3) is 2.96. The highest BCUT2D eigenvalue weighted by atomic mass is 35.5. The van der Waals surface area contributed by atoms with Gasteiger partial charge in [0.05, 0.1) is 10.6 Å². The van der Waals surface area contributed by atoms with Crippen LogP contribution in [0.25, 0.3) is 0 Å². The van der Waals surface area contributed by atoms with E-state index in [1.54, 1.807) is 11.0 Å². The van der Waals surface area contributed by atoms with Crippen LogP contribution in [0.15, 0.2) is 60.7 Å². The third-order valence-corrected chi connectivity index (χ3v) is 4.88. The van der Waals surface area contributed by atoms with Crippen LogP contribution in [0.1, 0.15) is 27.7 Å². The lowest BCUT2D eigenvalue weighted by molar-refractivity contribution is 0.0975. The molecule has 3 aromatic rings. The molecule has 3 N–H and O–H groups in total. The van der Waals surface area contributed by atoms with E-state index in [9.17, 15) is 15.0 Å². The minimum Gasteiger partial charge on any atom is -0.504 e. The zero-order valence-electron chi connectivity index (χ0n) is 14.5. The highest BCUT2D eigenvalue weighted by Gasteiger charge is 2.34. The number of benzene rings is 3. The van der Waals surface area contributed by atoms with Gasteiger partial charge in [0.2, 0.25) is 0 Å². The Morgan fingerprint density at radius 2 is 1.81 bits per heavy atom. The van der Waals surface area contributed by atoms with Gasteiger partial charge in [0.1, 0.15) is 6.17 Å². The topological polar surface area (TPSA) is 72.8 Å². The van der Waals surface area contributed by atoms with Crippen LogP contribution in [0.4, 0.5) is 11.4 Å². The lowest BCUT2D eigenvalue weighted by Crippen LogP contribution is -2.43. The number of rotatable bonds is 2. The average Bonchev–Trinajstić information content (AvgIpc) is 2.65. The molecular weight excluding hydrogens is 364 g/mol. The molecule has 0 radical (unpaired) electrons. The first-order chi connectivity index (χ1) is 13.0. The van der Waals surface area contributed by atoms with E-state index < -0.39 is 6.17 Å². The van der Waals surface area contributed by atoms with Gasteiger partial charge in [0, 0.05) is 16.9 Å². The molecule has 1 amide bonds. The van der Waals surface area contributed by atoms with Crippen LogP contribution in [-0.4, -0.2) is 16.1 Å². The molecule has 0 unspecified atom stereocenters. The van der Waals surface area contributed by atoms with E-state index in [2.05, 4.69) is 5.32 Å². The van der Waals surface area contributed by atoms with Gasteiger partial charge >= 0.3 is 0 Å². The SMILES string of the molecule is Cc1cccc(N2C(=O)c3ccccc3N[C@@H]2c2cc(O)c(O)c(Cl)c2)c1. The number of anilines is 2. The zero-order chi connectivity index (χ0) is 19.1. The van der Waals surface area contributed by atoms with Crippen LogP contribution in [0.3, 0.4) is 0 Å². The van der Waals surface area contributed by atoms with Gasteiger partial charge in [-0.25, -0.2) is 0 Å². The summed E-state index contributed by atoms with van der Waals surface area (Å²) in [5, 5.41) is 23.1. The maximum atomic E-state index is 13.3. The number of carbonyl (C=O) groups excluding carboxylic acids is 1. The summed E-state index contributed by atoms with van der Waals surface area (Å²) in [5.74, 6) is -0.886. The van der Waals surface area contributed by atoms with Gasteiger partial charge in [-0.2, -0.15) is 0 Å². The normalized spacial score (nSPS) is 16.0. The van der Waals surface area contributed by atoms with Crippen molar-refractivity contribution in [3.05, 3.63) is 82.4 Å². The van der Waals surface area contributed by atoms with Crippen molar-refractivity contribution in [1.29, 1.82) is 0 Å². The van der Waals surface area contributed by atoms with Gasteiger partial charge in [-0.1, -0.05) is 35.9 Å². The van der Waals surface area contributed by atoms with E-state index in [1.807, 2.05) is 49.4 Å². The highest BCUT2D eigenvalue weighted by Crippen LogP contribution is 2.41. The van der Waals surface area contributed by atoms with E-state index in [0.29, 0.717) is 16.8 Å².